The quantitative estimate of drug-likeness (QED) is 0.801. The molecule has 0 bridgehead atoms. The molecule has 1 heterocycles. The molecule has 0 amide bonds. The smallest absolute Gasteiger partial charge is 0.387 e. The zero-order valence-electron chi connectivity index (χ0n) is 10.5. The van der Waals surface area contributed by atoms with Gasteiger partial charge >= 0.3 is 6.18 Å². The first-order valence-corrected chi connectivity index (χ1v) is 7.48. The lowest BCUT2D eigenvalue weighted by Gasteiger charge is -2.10. The molecule has 0 aliphatic carbocycles. The number of benzene rings is 1. The van der Waals surface area contributed by atoms with Crippen LogP contribution >= 0.6 is 27.3 Å². The Morgan fingerprint density at radius 3 is 2.30 bits per heavy atom. The van der Waals surface area contributed by atoms with Gasteiger partial charge in [-0.15, -0.1) is 11.3 Å². The third kappa shape index (κ3) is 3.62. The second kappa shape index (κ2) is 5.87. The van der Waals surface area contributed by atoms with Crippen molar-refractivity contribution in [3.05, 3.63) is 55.7 Å². The molecule has 1 aromatic carbocycles. The molecule has 0 fully saturated rings. The van der Waals surface area contributed by atoms with Crippen LogP contribution in [-0.4, -0.2) is 5.11 Å². The third-order valence-corrected chi connectivity index (χ3v) is 5.15. The Morgan fingerprint density at radius 2 is 1.85 bits per heavy atom. The van der Waals surface area contributed by atoms with E-state index < -0.39 is 17.8 Å². The SMILES string of the molecule is Cc1sc(C(O)Cc2ccc(C(F)(F)F)cc2)cc1Br. The summed E-state index contributed by atoms with van der Waals surface area (Å²) in [7, 11) is 0. The molecule has 0 aliphatic rings. The second-order valence-electron chi connectivity index (χ2n) is 4.47. The van der Waals surface area contributed by atoms with E-state index in [1.807, 2.05) is 13.0 Å². The van der Waals surface area contributed by atoms with Crippen molar-refractivity contribution in [1.82, 2.24) is 0 Å². The van der Waals surface area contributed by atoms with Crippen LogP contribution < -0.4 is 0 Å². The van der Waals surface area contributed by atoms with E-state index in [1.54, 1.807) is 0 Å². The van der Waals surface area contributed by atoms with Gasteiger partial charge in [-0.1, -0.05) is 12.1 Å². The number of thiophene rings is 1. The predicted octanol–water partition coefficient (Wildman–Crippen LogP) is 5.11. The second-order valence-corrected chi connectivity index (χ2v) is 6.61. The summed E-state index contributed by atoms with van der Waals surface area (Å²) >= 11 is 4.85. The van der Waals surface area contributed by atoms with E-state index >= 15 is 0 Å². The predicted molar refractivity (Wildman–Crippen MR) is 76.9 cm³/mol. The highest BCUT2D eigenvalue weighted by Crippen LogP contribution is 2.33. The first kappa shape index (κ1) is 15.5. The number of alkyl halides is 3. The summed E-state index contributed by atoms with van der Waals surface area (Å²) in [6, 6.07) is 6.73. The highest BCUT2D eigenvalue weighted by atomic mass is 79.9. The van der Waals surface area contributed by atoms with Crippen molar-refractivity contribution in [3.63, 3.8) is 0 Å². The molecule has 1 aromatic heterocycles. The molecule has 0 aliphatic heterocycles. The van der Waals surface area contributed by atoms with Crippen LogP contribution in [-0.2, 0) is 12.6 Å². The molecular weight excluding hydrogens is 353 g/mol. The minimum absolute atomic E-state index is 0.296. The van der Waals surface area contributed by atoms with E-state index in [4.69, 9.17) is 0 Å². The van der Waals surface area contributed by atoms with Gasteiger partial charge in [-0.05, 0) is 46.6 Å². The number of hydrogen-bond acceptors (Lipinski definition) is 2. The molecule has 2 rings (SSSR count). The number of halogens is 4. The van der Waals surface area contributed by atoms with E-state index in [1.165, 1.54) is 23.5 Å². The van der Waals surface area contributed by atoms with Crippen molar-refractivity contribution >= 4 is 27.3 Å². The van der Waals surface area contributed by atoms with Gasteiger partial charge in [0.05, 0.1) is 11.7 Å². The number of hydrogen-bond donors (Lipinski definition) is 1. The van der Waals surface area contributed by atoms with E-state index in [-0.39, 0.29) is 0 Å². The molecule has 1 nitrogen and oxygen atoms in total. The molecular formula is C14H12BrF3OS. The fraction of sp³-hybridized carbons (Fsp3) is 0.286. The Kier molecular flexibility index (Phi) is 4.56. The molecule has 6 heteroatoms. The van der Waals surface area contributed by atoms with Crippen molar-refractivity contribution < 1.29 is 18.3 Å². The van der Waals surface area contributed by atoms with Gasteiger partial charge in [-0.25, -0.2) is 0 Å². The maximum atomic E-state index is 12.4. The van der Waals surface area contributed by atoms with E-state index in [2.05, 4.69) is 15.9 Å². The number of aliphatic hydroxyl groups is 1. The van der Waals surface area contributed by atoms with Crippen molar-refractivity contribution in [2.75, 3.05) is 0 Å². The van der Waals surface area contributed by atoms with Crippen LogP contribution in [0.5, 0.6) is 0 Å². The summed E-state index contributed by atoms with van der Waals surface area (Å²) in [6.07, 6.45) is -4.74. The maximum absolute atomic E-state index is 12.4. The summed E-state index contributed by atoms with van der Waals surface area (Å²) in [6.45, 7) is 1.93. The normalized spacial score (nSPS) is 13.5. The van der Waals surface area contributed by atoms with Gasteiger partial charge in [0, 0.05) is 20.6 Å². The summed E-state index contributed by atoms with van der Waals surface area (Å²) in [5.74, 6) is 0. The summed E-state index contributed by atoms with van der Waals surface area (Å²) in [5.41, 5.74) is -0.00173. The van der Waals surface area contributed by atoms with Crippen LogP contribution in [0.4, 0.5) is 13.2 Å². The average Bonchev–Trinajstić information content (AvgIpc) is 2.69. The zero-order valence-corrected chi connectivity index (χ0v) is 12.9. The number of rotatable bonds is 3. The molecule has 20 heavy (non-hydrogen) atoms. The van der Waals surface area contributed by atoms with Crippen molar-refractivity contribution in [3.8, 4) is 0 Å². The topological polar surface area (TPSA) is 20.2 Å². The van der Waals surface area contributed by atoms with Crippen molar-refractivity contribution in [2.24, 2.45) is 0 Å². The van der Waals surface area contributed by atoms with Crippen LogP contribution in [0.3, 0.4) is 0 Å². The Labute approximate surface area is 127 Å². The van der Waals surface area contributed by atoms with Crippen molar-refractivity contribution in [2.45, 2.75) is 25.6 Å². The van der Waals surface area contributed by atoms with Crippen LogP contribution in [0.2, 0.25) is 0 Å². The Morgan fingerprint density at radius 1 is 1.25 bits per heavy atom. The van der Waals surface area contributed by atoms with Crippen LogP contribution in [0, 0.1) is 6.92 Å². The Balaban J connectivity index is 2.10. The highest BCUT2D eigenvalue weighted by Gasteiger charge is 2.30. The number of aliphatic hydroxyl groups excluding tert-OH is 1. The Hall–Kier alpha value is -0.850. The summed E-state index contributed by atoms with van der Waals surface area (Å²) in [5, 5.41) is 10.1. The standard InChI is InChI=1S/C14H12BrF3OS/c1-8-11(15)7-13(20-8)12(19)6-9-2-4-10(5-3-9)14(16,17)18/h2-5,7,12,19H,6H2,1H3. The molecule has 1 atom stereocenters. The third-order valence-electron chi connectivity index (χ3n) is 2.91. The van der Waals surface area contributed by atoms with Crippen LogP contribution in [0.15, 0.2) is 34.8 Å². The minimum Gasteiger partial charge on any atom is -0.387 e. The number of aryl methyl sites for hydroxylation is 1. The summed E-state index contributed by atoms with van der Waals surface area (Å²) < 4.78 is 38.3. The molecule has 1 unspecified atom stereocenters. The lowest BCUT2D eigenvalue weighted by Crippen LogP contribution is -2.05. The first-order valence-electron chi connectivity index (χ1n) is 5.87. The van der Waals surface area contributed by atoms with Gasteiger partial charge < -0.3 is 5.11 Å². The van der Waals surface area contributed by atoms with E-state index in [9.17, 15) is 18.3 Å². The van der Waals surface area contributed by atoms with Gasteiger partial charge in [-0.3, -0.25) is 0 Å². The zero-order chi connectivity index (χ0) is 14.9. The van der Waals surface area contributed by atoms with Gasteiger partial charge in [0.15, 0.2) is 0 Å². The molecule has 0 spiro atoms. The first-order chi connectivity index (χ1) is 9.27. The van der Waals surface area contributed by atoms with Gasteiger partial charge in [0.2, 0.25) is 0 Å². The molecule has 0 saturated heterocycles. The molecule has 108 valence electrons. The molecule has 2 aromatic rings. The lowest BCUT2D eigenvalue weighted by atomic mass is 10.0. The van der Waals surface area contributed by atoms with E-state index in [0.29, 0.717) is 12.0 Å². The van der Waals surface area contributed by atoms with Gasteiger partial charge in [-0.2, -0.15) is 13.2 Å². The Bertz CT molecular complexity index is 570. The average molecular weight is 365 g/mol. The molecule has 1 N–H and O–H groups in total. The minimum atomic E-state index is -4.33. The van der Waals surface area contributed by atoms with E-state index in [0.717, 1.165) is 26.4 Å². The lowest BCUT2D eigenvalue weighted by molar-refractivity contribution is -0.137. The largest absolute Gasteiger partial charge is 0.416 e. The highest BCUT2D eigenvalue weighted by molar-refractivity contribution is 9.10. The monoisotopic (exact) mass is 364 g/mol. The summed E-state index contributed by atoms with van der Waals surface area (Å²) in [4.78, 5) is 1.86. The fourth-order valence-electron chi connectivity index (χ4n) is 1.80. The van der Waals surface area contributed by atoms with Gasteiger partial charge in [0.1, 0.15) is 0 Å². The van der Waals surface area contributed by atoms with Gasteiger partial charge in [0.25, 0.3) is 0 Å². The van der Waals surface area contributed by atoms with Crippen LogP contribution in [0.1, 0.15) is 27.0 Å². The maximum Gasteiger partial charge on any atom is 0.416 e. The fourth-order valence-corrected chi connectivity index (χ4v) is 3.35. The van der Waals surface area contributed by atoms with Crippen LogP contribution in [0.25, 0.3) is 0 Å². The molecule has 0 saturated carbocycles. The van der Waals surface area contributed by atoms with Crippen molar-refractivity contribution in [1.29, 1.82) is 0 Å². The molecule has 0 radical (unpaired) electrons.